The Bertz CT molecular complexity index is 856. The van der Waals surface area contributed by atoms with Crippen LogP contribution in [-0.4, -0.2) is 44.8 Å². The van der Waals surface area contributed by atoms with E-state index in [1.807, 2.05) is 19.1 Å². The Kier molecular flexibility index (Phi) is 10.9. The van der Waals surface area contributed by atoms with Gasteiger partial charge in [0.2, 0.25) is 0 Å². The Hall–Kier alpha value is -1.71. The summed E-state index contributed by atoms with van der Waals surface area (Å²) in [6, 6.07) is 15.7. The van der Waals surface area contributed by atoms with Gasteiger partial charge in [-0.15, -0.1) is 24.0 Å². The van der Waals surface area contributed by atoms with E-state index in [4.69, 9.17) is 4.74 Å². The minimum atomic E-state index is -0.189. The fourth-order valence-electron chi connectivity index (χ4n) is 4.15. The molecule has 5 nitrogen and oxygen atoms in total. The van der Waals surface area contributed by atoms with Gasteiger partial charge in [0.15, 0.2) is 5.96 Å². The molecule has 0 saturated carbocycles. The van der Waals surface area contributed by atoms with Crippen LogP contribution >= 0.6 is 24.0 Å². The molecule has 3 rings (SSSR count). The van der Waals surface area contributed by atoms with Crippen molar-refractivity contribution in [3.63, 3.8) is 0 Å². The van der Waals surface area contributed by atoms with Crippen LogP contribution in [0.1, 0.15) is 42.5 Å². The highest BCUT2D eigenvalue weighted by Gasteiger charge is 2.34. The molecule has 1 fully saturated rings. The number of ether oxygens (including phenoxy) is 1. The van der Waals surface area contributed by atoms with Gasteiger partial charge in [-0.2, -0.15) is 0 Å². The summed E-state index contributed by atoms with van der Waals surface area (Å²) >= 11 is 0. The predicted molar refractivity (Wildman–Crippen MR) is 140 cm³/mol. The molecule has 0 aromatic heterocycles. The average Bonchev–Trinajstić information content (AvgIpc) is 2.78. The highest BCUT2D eigenvalue weighted by Crippen LogP contribution is 2.25. The van der Waals surface area contributed by atoms with Crippen molar-refractivity contribution in [1.29, 1.82) is 0 Å². The van der Waals surface area contributed by atoms with E-state index in [1.165, 1.54) is 11.6 Å². The smallest absolute Gasteiger partial charge is 0.191 e. The van der Waals surface area contributed by atoms with Gasteiger partial charge in [-0.25, -0.2) is 4.39 Å². The molecule has 0 spiro atoms. The lowest BCUT2D eigenvalue weighted by Crippen LogP contribution is -2.58. The first-order valence-electron chi connectivity index (χ1n) is 11.1. The summed E-state index contributed by atoms with van der Waals surface area (Å²) in [6.45, 7) is 7.17. The molecule has 1 aliphatic heterocycles. The van der Waals surface area contributed by atoms with E-state index in [9.17, 15) is 4.39 Å². The largest absolute Gasteiger partial charge is 0.381 e. The molecule has 1 saturated heterocycles. The van der Waals surface area contributed by atoms with Crippen molar-refractivity contribution in [1.82, 2.24) is 16.0 Å². The van der Waals surface area contributed by atoms with E-state index in [0.717, 1.165) is 62.7 Å². The Balaban J connectivity index is 0.00000363. The van der Waals surface area contributed by atoms with Gasteiger partial charge in [0.25, 0.3) is 0 Å². The topological polar surface area (TPSA) is 57.7 Å². The lowest BCUT2D eigenvalue weighted by Gasteiger charge is -2.41. The lowest BCUT2D eigenvalue weighted by molar-refractivity contribution is 0.0355. The second-order valence-electron chi connectivity index (χ2n) is 8.34. The molecule has 0 aliphatic carbocycles. The van der Waals surface area contributed by atoms with Crippen LogP contribution in [0.25, 0.3) is 0 Å². The quantitative estimate of drug-likeness (QED) is 0.258. The van der Waals surface area contributed by atoms with Crippen LogP contribution in [0.2, 0.25) is 0 Å². The van der Waals surface area contributed by atoms with Crippen LogP contribution < -0.4 is 16.0 Å². The van der Waals surface area contributed by atoms with Gasteiger partial charge in [-0.1, -0.05) is 36.4 Å². The summed E-state index contributed by atoms with van der Waals surface area (Å²) in [4.78, 5) is 4.38. The van der Waals surface area contributed by atoms with Gasteiger partial charge < -0.3 is 20.7 Å². The molecule has 2 aromatic rings. The van der Waals surface area contributed by atoms with Crippen molar-refractivity contribution >= 4 is 29.9 Å². The zero-order valence-electron chi connectivity index (χ0n) is 19.3. The number of guanidine groups is 1. The molecule has 0 amide bonds. The SMILES string of the molecule is CN=C(NCCc1ccc(F)cc1C)NCC1(NC(C)c2ccccc2)CCOCC1.I. The number of aliphatic imine (C=N–C) groups is 1. The standard InChI is InChI=1S/C25H35FN4O.HI/c1-19-17-23(26)10-9-21(19)11-14-28-24(27-3)29-18-25(12-15-31-16-13-25)30-20(2)22-7-5-4-6-8-22;/h4-10,17,20,30H,11-16,18H2,1-3H3,(H2,27,28,29);1H. The van der Waals surface area contributed by atoms with Crippen LogP contribution in [0.3, 0.4) is 0 Å². The first kappa shape index (κ1) is 26.5. The highest BCUT2D eigenvalue weighted by molar-refractivity contribution is 14.0. The summed E-state index contributed by atoms with van der Waals surface area (Å²) in [5.41, 5.74) is 3.35. The fraction of sp³-hybridized carbons (Fsp3) is 0.480. The molecule has 1 aliphatic rings. The monoisotopic (exact) mass is 554 g/mol. The van der Waals surface area contributed by atoms with Crippen LogP contribution in [0, 0.1) is 12.7 Å². The summed E-state index contributed by atoms with van der Waals surface area (Å²) in [7, 11) is 1.79. The number of halogens is 2. The normalized spacial score (nSPS) is 16.7. The zero-order valence-corrected chi connectivity index (χ0v) is 21.6. The van der Waals surface area contributed by atoms with Crippen LogP contribution in [0.15, 0.2) is 53.5 Å². The molecular formula is C25H36FIN4O. The predicted octanol–water partition coefficient (Wildman–Crippen LogP) is 4.36. The molecular weight excluding hydrogens is 518 g/mol. The maximum absolute atomic E-state index is 13.3. The van der Waals surface area contributed by atoms with Crippen LogP contribution in [-0.2, 0) is 11.2 Å². The number of hydrogen-bond acceptors (Lipinski definition) is 3. The maximum atomic E-state index is 13.3. The third kappa shape index (κ3) is 7.71. The van der Waals surface area contributed by atoms with E-state index >= 15 is 0 Å². The third-order valence-corrected chi connectivity index (χ3v) is 6.08. The number of hydrogen-bond donors (Lipinski definition) is 3. The average molecular weight is 554 g/mol. The highest BCUT2D eigenvalue weighted by atomic mass is 127. The molecule has 1 heterocycles. The minimum absolute atomic E-state index is 0. The third-order valence-electron chi connectivity index (χ3n) is 6.08. The molecule has 1 unspecified atom stereocenters. The van der Waals surface area contributed by atoms with Gasteiger partial charge in [0, 0.05) is 44.9 Å². The van der Waals surface area contributed by atoms with Gasteiger partial charge in [-0.3, -0.25) is 4.99 Å². The van der Waals surface area contributed by atoms with Gasteiger partial charge in [0.1, 0.15) is 5.82 Å². The van der Waals surface area contributed by atoms with Crippen LogP contribution in [0.4, 0.5) is 4.39 Å². The van der Waals surface area contributed by atoms with Gasteiger partial charge in [0.05, 0.1) is 0 Å². The van der Waals surface area contributed by atoms with E-state index in [-0.39, 0.29) is 41.4 Å². The molecule has 1 atom stereocenters. The molecule has 0 radical (unpaired) electrons. The number of aryl methyl sites for hydroxylation is 1. The molecule has 0 bridgehead atoms. The van der Waals surface area contributed by atoms with Gasteiger partial charge >= 0.3 is 0 Å². The molecule has 176 valence electrons. The second-order valence-corrected chi connectivity index (χ2v) is 8.34. The number of nitrogens with one attached hydrogen (secondary N) is 3. The number of benzene rings is 2. The Labute approximate surface area is 208 Å². The summed E-state index contributed by atoms with van der Waals surface area (Å²) in [6.07, 6.45) is 2.71. The van der Waals surface area contributed by atoms with Crippen molar-refractivity contribution in [2.45, 2.75) is 44.7 Å². The Morgan fingerprint density at radius 3 is 2.50 bits per heavy atom. The van der Waals surface area contributed by atoms with Crippen molar-refractivity contribution in [3.05, 3.63) is 71.0 Å². The van der Waals surface area contributed by atoms with Crippen molar-refractivity contribution in [3.8, 4) is 0 Å². The molecule has 32 heavy (non-hydrogen) atoms. The van der Waals surface area contributed by atoms with E-state index in [1.54, 1.807) is 13.1 Å². The Morgan fingerprint density at radius 2 is 1.84 bits per heavy atom. The summed E-state index contributed by atoms with van der Waals surface area (Å²) < 4.78 is 18.9. The van der Waals surface area contributed by atoms with Crippen molar-refractivity contribution in [2.75, 3.05) is 33.4 Å². The van der Waals surface area contributed by atoms with Crippen LogP contribution in [0.5, 0.6) is 0 Å². The molecule has 3 N–H and O–H groups in total. The fourth-order valence-corrected chi connectivity index (χ4v) is 4.15. The minimum Gasteiger partial charge on any atom is -0.381 e. The van der Waals surface area contributed by atoms with Crippen molar-refractivity contribution in [2.24, 2.45) is 4.99 Å². The maximum Gasteiger partial charge on any atom is 0.191 e. The zero-order chi connectivity index (χ0) is 22.1. The van der Waals surface area contributed by atoms with E-state index in [0.29, 0.717) is 0 Å². The first-order chi connectivity index (χ1) is 15.0. The van der Waals surface area contributed by atoms with Gasteiger partial charge in [-0.05, 0) is 61.9 Å². The molecule has 7 heteroatoms. The second kappa shape index (κ2) is 13.1. The van der Waals surface area contributed by atoms with E-state index < -0.39 is 0 Å². The Morgan fingerprint density at radius 1 is 1.12 bits per heavy atom. The molecule has 2 aromatic carbocycles. The lowest BCUT2D eigenvalue weighted by atomic mass is 9.88. The summed E-state index contributed by atoms with van der Waals surface area (Å²) in [5, 5.41) is 10.8. The number of rotatable bonds is 8. The van der Waals surface area contributed by atoms with E-state index in [2.05, 4.69) is 52.1 Å². The first-order valence-corrected chi connectivity index (χ1v) is 11.1. The summed E-state index contributed by atoms with van der Waals surface area (Å²) in [5.74, 6) is 0.588. The van der Waals surface area contributed by atoms with Crippen molar-refractivity contribution < 1.29 is 9.13 Å². The number of nitrogens with zero attached hydrogens (tertiary/aromatic N) is 1.